The molecular weight excluding hydrogens is 444 g/mol. The third-order valence-electron chi connectivity index (χ3n) is 6.33. The third-order valence-corrected chi connectivity index (χ3v) is 6.33. The molecule has 0 bridgehead atoms. The van der Waals surface area contributed by atoms with Crippen molar-refractivity contribution in [3.8, 4) is 17.2 Å². The highest BCUT2D eigenvalue weighted by atomic mass is 16.5. The van der Waals surface area contributed by atoms with Crippen LogP contribution in [-0.4, -0.2) is 64.5 Å². The molecule has 2 amide bonds. The van der Waals surface area contributed by atoms with Crippen molar-refractivity contribution in [3.63, 3.8) is 0 Å². The second-order valence-corrected chi connectivity index (χ2v) is 9.94. The number of hydrogen-bond donors (Lipinski definition) is 0. The van der Waals surface area contributed by atoms with Crippen molar-refractivity contribution in [2.75, 3.05) is 26.7 Å². The number of rotatable bonds is 5. The molecule has 1 saturated heterocycles. The topological polar surface area (TPSA) is 88.8 Å². The van der Waals surface area contributed by atoms with Gasteiger partial charge >= 0.3 is 0 Å². The number of amides is 2. The number of carbonyl (C=O) groups excluding carboxylic acids is 2. The second-order valence-electron chi connectivity index (χ2n) is 9.94. The number of aromatic nitrogens is 2. The minimum Gasteiger partial charge on any atom is -0.497 e. The molecule has 35 heavy (non-hydrogen) atoms. The summed E-state index contributed by atoms with van der Waals surface area (Å²) >= 11 is 0. The van der Waals surface area contributed by atoms with Gasteiger partial charge in [0.25, 0.3) is 11.8 Å². The van der Waals surface area contributed by atoms with Gasteiger partial charge in [0.05, 0.1) is 13.5 Å². The van der Waals surface area contributed by atoms with Crippen LogP contribution in [0.2, 0.25) is 0 Å². The van der Waals surface area contributed by atoms with Crippen LogP contribution in [0.5, 0.6) is 5.75 Å². The Kier molecular flexibility index (Phi) is 6.91. The molecule has 4 rings (SSSR count). The Hall–Kier alpha value is -3.68. The molecule has 2 heterocycles. The van der Waals surface area contributed by atoms with Gasteiger partial charge in [0.2, 0.25) is 5.91 Å². The molecule has 1 atom stereocenters. The summed E-state index contributed by atoms with van der Waals surface area (Å²) in [6.07, 6.45) is 0.0440. The summed E-state index contributed by atoms with van der Waals surface area (Å²) in [4.78, 5) is 34.0. The monoisotopic (exact) mass is 476 g/mol. The minimum atomic E-state index is -0.0971. The summed E-state index contributed by atoms with van der Waals surface area (Å²) in [5.41, 5.74) is 2.62. The van der Waals surface area contributed by atoms with Crippen LogP contribution in [0, 0.1) is 0 Å². The van der Waals surface area contributed by atoms with Crippen molar-refractivity contribution in [3.05, 3.63) is 65.5 Å². The fourth-order valence-corrected chi connectivity index (χ4v) is 4.21. The minimum absolute atomic E-state index is 0.00819. The highest BCUT2D eigenvalue weighted by Crippen LogP contribution is 2.24. The number of hydrogen-bond acceptors (Lipinski definition) is 6. The lowest BCUT2D eigenvalue weighted by Crippen LogP contribution is -2.55. The van der Waals surface area contributed by atoms with Crippen LogP contribution in [0.25, 0.3) is 11.5 Å². The quantitative estimate of drug-likeness (QED) is 0.554. The predicted octanol–water partition coefficient (Wildman–Crippen LogP) is 3.96. The van der Waals surface area contributed by atoms with Crippen LogP contribution in [0.4, 0.5) is 0 Å². The van der Waals surface area contributed by atoms with Gasteiger partial charge in [0, 0.05) is 36.8 Å². The fourth-order valence-electron chi connectivity index (χ4n) is 4.21. The van der Waals surface area contributed by atoms with Gasteiger partial charge in [-0.15, -0.1) is 0 Å². The third kappa shape index (κ3) is 5.53. The molecule has 0 radical (unpaired) electrons. The van der Waals surface area contributed by atoms with Crippen molar-refractivity contribution >= 4 is 11.8 Å². The summed E-state index contributed by atoms with van der Waals surface area (Å²) in [5.74, 6) is 1.26. The fraction of sp³-hybridized carbons (Fsp3) is 0.407. The summed E-state index contributed by atoms with van der Waals surface area (Å²) in [5, 5.41) is 3.97. The summed E-state index contributed by atoms with van der Waals surface area (Å²) in [7, 11) is 1.59. The van der Waals surface area contributed by atoms with Gasteiger partial charge < -0.3 is 19.1 Å². The maximum absolute atomic E-state index is 13.1. The average molecular weight is 477 g/mol. The molecule has 2 aromatic carbocycles. The Balaban J connectivity index is 1.36. The highest BCUT2D eigenvalue weighted by Gasteiger charge is 2.31. The van der Waals surface area contributed by atoms with Gasteiger partial charge in [-0.05, 0) is 48.2 Å². The van der Waals surface area contributed by atoms with E-state index in [2.05, 4.69) is 30.9 Å². The molecule has 0 spiro atoms. The number of benzene rings is 2. The van der Waals surface area contributed by atoms with Crippen LogP contribution in [0.1, 0.15) is 49.4 Å². The lowest BCUT2D eigenvalue weighted by atomic mass is 9.86. The molecule has 3 aromatic rings. The number of nitrogens with zero attached hydrogens (tertiary/aromatic N) is 4. The average Bonchev–Trinajstić information content (AvgIpc) is 3.31. The molecule has 0 N–H and O–H groups in total. The molecule has 0 saturated carbocycles. The summed E-state index contributed by atoms with van der Waals surface area (Å²) in [6, 6.07) is 15.0. The Labute approximate surface area is 205 Å². The number of methoxy groups -OCH3 is 1. The van der Waals surface area contributed by atoms with E-state index in [-0.39, 0.29) is 29.7 Å². The zero-order valence-corrected chi connectivity index (χ0v) is 20.9. The van der Waals surface area contributed by atoms with Crippen molar-refractivity contribution in [1.29, 1.82) is 0 Å². The molecule has 1 aliphatic heterocycles. The molecule has 8 nitrogen and oxygen atoms in total. The molecule has 0 aliphatic carbocycles. The van der Waals surface area contributed by atoms with Crippen molar-refractivity contribution < 1.29 is 18.8 Å². The van der Waals surface area contributed by atoms with E-state index in [1.165, 1.54) is 5.56 Å². The summed E-state index contributed by atoms with van der Waals surface area (Å²) < 4.78 is 10.6. The van der Waals surface area contributed by atoms with E-state index >= 15 is 0 Å². The molecule has 8 heteroatoms. The summed E-state index contributed by atoms with van der Waals surface area (Å²) in [6.45, 7) is 9.83. The zero-order valence-electron chi connectivity index (χ0n) is 20.9. The second kappa shape index (κ2) is 9.90. The van der Waals surface area contributed by atoms with E-state index in [1.54, 1.807) is 18.1 Å². The number of piperazine rings is 1. The van der Waals surface area contributed by atoms with Gasteiger partial charge in [-0.1, -0.05) is 44.1 Å². The van der Waals surface area contributed by atoms with Crippen LogP contribution >= 0.6 is 0 Å². The first kappa shape index (κ1) is 24.4. The molecule has 1 aliphatic rings. The highest BCUT2D eigenvalue weighted by molar-refractivity contribution is 5.94. The molecule has 1 aromatic heterocycles. The lowest BCUT2D eigenvalue weighted by molar-refractivity contribution is -0.133. The van der Waals surface area contributed by atoms with Gasteiger partial charge in [-0.25, -0.2) is 0 Å². The first-order valence-electron chi connectivity index (χ1n) is 11.8. The van der Waals surface area contributed by atoms with E-state index in [0.29, 0.717) is 42.7 Å². The maximum Gasteiger partial charge on any atom is 0.258 e. The SMILES string of the molecule is COc1cccc(-c2nc(CC(=O)N3CCN(C(=O)c4ccc(C(C)(C)C)cc4)C(C)C3)no2)c1. The van der Waals surface area contributed by atoms with Crippen LogP contribution in [0.3, 0.4) is 0 Å². The zero-order chi connectivity index (χ0) is 25.2. The van der Waals surface area contributed by atoms with Crippen molar-refractivity contribution in [2.45, 2.75) is 45.6 Å². The van der Waals surface area contributed by atoms with Crippen LogP contribution in [0.15, 0.2) is 53.1 Å². The number of ether oxygens (including phenoxy) is 1. The maximum atomic E-state index is 13.1. The van der Waals surface area contributed by atoms with Crippen molar-refractivity contribution in [1.82, 2.24) is 19.9 Å². The van der Waals surface area contributed by atoms with E-state index in [1.807, 2.05) is 54.3 Å². The van der Waals surface area contributed by atoms with Crippen LogP contribution < -0.4 is 4.74 Å². The van der Waals surface area contributed by atoms with Crippen LogP contribution in [-0.2, 0) is 16.6 Å². The smallest absolute Gasteiger partial charge is 0.258 e. The molecular formula is C27H32N4O4. The van der Waals surface area contributed by atoms with Gasteiger partial charge in [0.15, 0.2) is 5.82 Å². The predicted molar refractivity (Wildman–Crippen MR) is 132 cm³/mol. The Morgan fingerprint density at radius 1 is 1.11 bits per heavy atom. The normalized spacial score (nSPS) is 16.3. The Morgan fingerprint density at radius 3 is 2.51 bits per heavy atom. The van der Waals surface area contributed by atoms with Gasteiger partial charge in [-0.3, -0.25) is 9.59 Å². The lowest BCUT2D eigenvalue weighted by Gasteiger charge is -2.40. The van der Waals surface area contributed by atoms with E-state index in [9.17, 15) is 9.59 Å². The largest absolute Gasteiger partial charge is 0.497 e. The van der Waals surface area contributed by atoms with E-state index in [4.69, 9.17) is 9.26 Å². The van der Waals surface area contributed by atoms with E-state index in [0.717, 1.165) is 5.56 Å². The van der Waals surface area contributed by atoms with Gasteiger partial charge in [0.1, 0.15) is 5.75 Å². The molecule has 184 valence electrons. The molecule has 1 unspecified atom stereocenters. The Bertz CT molecular complexity index is 1200. The first-order chi connectivity index (χ1) is 16.7. The van der Waals surface area contributed by atoms with Crippen molar-refractivity contribution in [2.24, 2.45) is 0 Å². The Morgan fingerprint density at radius 2 is 1.86 bits per heavy atom. The number of carbonyl (C=O) groups is 2. The van der Waals surface area contributed by atoms with Gasteiger partial charge in [-0.2, -0.15) is 4.98 Å². The molecule has 1 fully saturated rings. The standard InChI is InChI=1S/C27H32N4O4/c1-18-17-30(13-14-31(18)26(33)19-9-11-21(12-10-19)27(2,3)4)24(32)16-23-28-25(35-29-23)20-7-6-8-22(15-20)34-5/h6-12,15,18H,13-14,16-17H2,1-5H3. The first-order valence-corrected chi connectivity index (χ1v) is 11.8. The van der Waals surface area contributed by atoms with E-state index < -0.39 is 0 Å².